The first-order valence-electron chi connectivity index (χ1n) is 12.7. The lowest BCUT2D eigenvalue weighted by molar-refractivity contribution is -0.118. The second-order valence-corrected chi connectivity index (χ2v) is 9.53. The van der Waals surface area contributed by atoms with Gasteiger partial charge in [0.15, 0.2) is 0 Å². The summed E-state index contributed by atoms with van der Waals surface area (Å²) in [6, 6.07) is 25.8. The van der Waals surface area contributed by atoms with Crippen molar-refractivity contribution in [2.45, 2.75) is 51.6 Å². The van der Waals surface area contributed by atoms with Crippen LogP contribution in [0.4, 0.5) is 17.1 Å². The SMILES string of the molecule is CCC(=O)N(c1ccccc1)[C@@H]1C[C@H](C)N(C(=O)c2ccc(N3CCCC3)cc2)c2ccccc21. The van der Waals surface area contributed by atoms with Crippen LogP contribution in [0.5, 0.6) is 0 Å². The Balaban J connectivity index is 1.49. The maximum Gasteiger partial charge on any atom is 0.258 e. The number of rotatable bonds is 5. The first-order valence-corrected chi connectivity index (χ1v) is 12.7. The molecule has 35 heavy (non-hydrogen) atoms. The van der Waals surface area contributed by atoms with Gasteiger partial charge < -0.3 is 14.7 Å². The normalized spacial score (nSPS) is 19.4. The first kappa shape index (κ1) is 23.2. The van der Waals surface area contributed by atoms with Crippen molar-refractivity contribution >= 4 is 28.9 Å². The molecule has 0 aromatic heterocycles. The molecule has 0 N–H and O–H groups in total. The van der Waals surface area contributed by atoms with E-state index in [1.54, 1.807) is 0 Å². The number of carbonyl (C=O) groups is 2. The highest BCUT2D eigenvalue weighted by atomic mass is 16.2. The zero-order valence-electron chi connectivity index (χ0n) is 20.6. The Kier molecular flexibility index (Phi) is 6.58. The quantitative estimate of drug-likeness (QED) is 0.448. The topological polar surface area (TPSA) is 43.9 Å². The number of hydrogen-bond acceptors (Lipinski definition) is 3. The number of nitrogens with zero attached hydrogens (tertiary/aromatic N) is 3. The molecule has 3 aromatic carbocycles. The summed E-state index contributed by atoms with van der Waals surface area (Å²) in [7, 11) is 0. The van der Waals surface area contributed by atoms with Gasteiger partial charge in [-0.25, -0.2) is 0 Å². The molecular weight excluding hydrogens is 434 g/mol. The van der Waals surface area contributed by atoms with Crippen LogP contribution in [0.15, 0.2) is 78.9 Å². The van der Waals surface area contributed by atoms with Gasteiger partial charge in [-0.05, 0) is 74.2 Å². The lowest BCUT2D eigenvalue weighted by atomic mass is 9.89. The van der Waals surface area contributed by atoms with E-state index in [9.17, 15) is 9.59 Å². The Bertz CT molecular complexity index is 1190. The summed E-state index contributed by atoms with van der Waals surface area (Å²) in [5, 5.41) is 0. The van der Waals surface area contributed by atoms with Crippen molar-refractivity contribution in [1.82, 2.24) is 0 Å². The van der Waals surface area contributed by atoms with Gasteiger partial charge in [0, 0.05) is 48.2 Å². The molecule has 2 heterocycles. The van der Waals surface area contributed by atoms with E-state index in [4.69, 9.17) is 0 Å². The van der Waals surface area contributed by atoms with E-state index in [0.29, 0.717) is 18.4 Å². The molecule has 0 radical (unpaired) electrons. The van der Waals surface area contributed by atoms with E-state index in [1.807, 2.05) is 77.4 Å². The molecule has 180 valence electrons. The molecule has 3 aromatic rings. The van der Waals surface area contributed by atoms with Crippen LogP contribution in [0.25, 0.3) is 0 Å². The molecule has 0 bridgehead atoms. The summed E-state index contributed by atoms with van der Waals surface area (Å²) in [5.74, 6) is 0.0879. The molecule has 0 aliphatic carbocycles. The molecule has 0 spiro atoms. The van der Waals surface area contributed by atoms with Crippen molar-refractivity contribution in [2.75, 3.05) is 27.8 Å². The lowest BCUT2D eigenvalue weighted by Gasteiger charge is -2.43. The minimum Gasteiger partial charge on any atom is -0.372 e. The molecule has 2 amide bonds. The van der Waals surface area contributed by atoms with E-state index < -0.39 is 0 Å². The van der Waals surface area contributed by atoms with Crippen LogP contribution in [0.3, 0.4) is 0 Å². The highest BCUT2D eigenvalue weighted by Crippen LogP contribution is 2.43. The number of carbonyl (C=O) groups excluding carboxylic acids is 2. The molecule has 0 unspecified atom stereocenters. The van der Waals surface area contributed by atoms with E-state index in [1.165, 1.54) is 18.5 Å². The van der Waals surface area contributed by atoms with Gasteiger partial charge in [0.25, 0.3) is 5.91 Å². The molecule has 2 atom stereocenters. The average molecular weight is 468 g/mol. The standard InChI is InChI=1S/C30H33N3O2/c1-3-29(34)33(25-11-5-4-6-12-25)28-21-22(2)32(27-14-8-7-13-26(27)28)30(35)23-15-17-24(18-16-23)31-19-9-10-20-31/h4-8,11-18,22,28H,3,9-10,19-21H2,1-2H3/t22-,28+/m0/s1. The summed E-state index contributed by atoms with van der Waals surface area (Å²) < 4.78 is 0. The van der Waals surface area contributed by atoms with Crippen LogP contribution in [0.2, 0.25) is 0 Å². The molecule has 2 aliphatic rings. The van der Waals surface area contributed by atoms with Gasteiger partial charge in [-0.3, -0.25) is 9.59 Å². The van der Waals surface area contributed by atoms with E-state index in [0.717, 1.165) is 30.0 Å². The highest BCUT2D eigenvalue weighted by molar-refractivity contribution is 6.07. The smallest absolute Gasteiger partial charge is 0.258 e. The van der Waals surface area contributed by atoms with Crippen LogP contribution >= 0.6 is 0 Å². The highest BCUT2D eigenvalue weighted by Gasteiger charge is 2.38. The van der Waals surface area contributed by atoms with Crippen molar-refractivity contribution in [3.05, 3.63) is 90.0 Å². The van der Waals surface area contributed by atoms with Gasteiger partial charge in [0.1, 0.15) is 0 Å². The molecule has 2 aliphatic heterocycles. The van der Waals surface area contributed by atoms with Gasteiger partial charge >= 0.3 is 0 Å². The summed E-state index contributed by atoms with van der Waals surface area (Å²) in [5.41, 5.74) is 4.66. The molecule has 1 fully saturated rings. The van der Waals surface area contributed by atoms with Crippen molar-refractivity contribution in [3.63, 3.8) is 0 Å². The minimum atomic E-state index is -0.127. The summed E-state index contributed by atoms with van der Waals surface area (Å²) in [6.45, 7) is 6.15. The van der Waals surface area contributed by atoms with E-state index in [2.05, 4.69) is 30.0 Å². The molecule has 5 nitrogen and oxygen atoms in total. The predicted octanol–water partition coefficient (Wildman–Crippen LogP) is 6.21. The molecule has 0 saturated carbocycles. The second kappa shape index (κ2) is 9.95. The van der Waals surface area contributed by atoms with Crippen molar-refractivity contribution < 1.29 is 9.59 Å². The summed E-state index contributed by atoms with van der Waals surface area (Å²) in [6.07, 6.45) is 3.55. The zero-order chi connectivity index (χ0) is 24.4. The van der Waals surface area contributed by atoms with Gasteiger partial charge in [0.05, 0.1) is 6.04 Å². The molecule has 5 heteroatoms. The fourth-order valence-electron chi connectivity index (χ4n) is 5.52. The number of para-hydroxylation sites is 2. The number of amides is 2. The summed E-state index contributed by atoms with van der Waals surface area (Å²) in [4.78, 5) is 33.1. The van der Waals surface area contributed by atoms with E-state index >= 15 is 0 Å². The third kappa shape index (κ3) is 4.43. The Hall–Kier alpha value is -3.60. The van der Waals surface area contributed by atoms with Crippen LogP contribution in [0, 0.1) is 0 Å². The van der Waals surface area contributed by atoms with Crippen LogP contribution < -0.4 is 14.7 Å². The van der Waals surface area contributed by atoms with Crippen molar-refractivity contribution in [1.29, 1.82) is 0 Å². The average Bonchev–Trinajstić information content (AvgIpc) is 3.44. The monoisotopic (exact) mass is 467 g/mol. The Labute approximate surface area is 208 Å². The fraction of sp³-hybridized carbons (Fsp3) is 0.333. The zero-order valence-corrected chi connectivity index (χ0v) is 20.6. The lowest BCUT2D eigenvalue weighted by Crippen LogP contribution is -2.47. The molecular formula is C30H33N3O2. The van der Waals surface area contributed by atoms with Crippen molar-refractivity contribution in [2.24, 2.45) is 0 Å². The number of fused-ring (bicyclic) bond motifs is 1. The van der Waals surface area contributed by atoms with Gasteiger partial charge in [-0.1, -0.05) is 43.3 Å². The summed E-state index contributed by atoms with van der Waals surface area (Å²) >= 11 is 0. The maximum atomic E-state index is 13.8. The van der Waals surface area contributed by atoms with Gasteiger partial charge in [-0.2, -0.15) is 0 Å². The molecule has 1 saturated heterocycles. The predicted molar refractivity (Wildman–Crippen MR) is 142 cm³/mol. The van der Waals surface area contributed by atoms with Crippen LogP contribution in [0.1, 0.15) is 61.5 Å². The number of hydrogen-bond donors (Lipinski definition) is 0. The maximum absolute atomic E-state index is 13.8. The largest absolute Gasteiger partial charge is 0.372 e. The van der Waals surface area contributed by atoms with Crippen LogP contribution in [-0.4, -0.2) is 30.9 Å². The Morgan fingerprint density at radius 2 is 1.54 bits per heavy atom. The van der Waals surface area contributed by atoms with Gasteiger partial charge in [0.2, 0.25) is 5.91 Å². The van der Waals surface area contributed by atoms with Crippen molar-refractivity contribution in [3.8, 4) is 0 Å². The van der Waals surface area contributed by atoms with Crippen LogP contribution in [-0.2, 0) is 4.79 Å². The fourth-order valence-corrected chi connectivity index (χ4v) is 5.52. The Morgan fingerprint density at radius 3 is 2.23 bits per heavy atom. The Morgan fingerprint density at radius 1 is 0.886 bits per heavy atom. The first-order chi connectivity index (χ1) is 17.1. The molecule has 5 rings (SSSR count). The third-order valence-corrected chi connectivity index (χ3v) is 7.28. The number of anilines is 3. The van der Waals surface area contributed by atoms with Gasteiger partial charge in [-0.15, -0.1) is 0 Å². The minimum absolute atomic E-state index is 0.00412. The number of benzene rings is 3. The van der Waals surface area contributed by atoms with E-state index in [-0.39, 0.29) is 23.9 Å². The third-order valence-electron chi connectivity index (χ3n) is 7.28. The second-order valence-electron chi connectivity index (χ2n) is 9.53.